The minimum Gasteiger partial charge on any atom is -0.454 e. The van der Waals surface area contributed by atoms with E-state index in [2.05, 4.69) is 41.8 Å². The minimum absolute atomic E-state index is 0.133. The molecule has 0 spiro atoms. The number of rotatable bonds is 6. The summed E-state index contributed by atoms with van der Waals surface area (Å²) in [7, 11) is 0. The average molecular weight is 429 g/mol. The Balaban J connectivity index is 1.65. The molecule has 1 aromatic heterocycles. The lowest BCUT2D eigenvalue weighted by molar-refractivity contribution is -0.117. The van der Waals surface area contributed by atoms with E-state index in [0.717, 1.165) is 44.4 Å². The third kappa shape index (κ3) is 4.36. The van der Waals surface area contributed by atoms with E-state index >= 15 is 0 Å². The molecule has 1 aliphatic heterocycles. The van der Waals surface area contributed by atoms with E-state index in [4.69, 9.17) is 9.47 Å². The molecule has 2 heterocycles. The molecule has 29 heavy (non-hydrogen) atoms. The lowest BCUT2D eigenvalue weighted by Gasteiger charge is -2.06. The number of hydrogen-bond acceptors (Lipinski definition) is 5. The second kappa shape index (κ2) is 8.63. The van der Waals surface area contributed by atoms with E-state index in [9.17, 15) is 4.79 Å². The number of ether oxygens (including phenoxy) is 2. The molecular formula is C22H24N2O3S2. The summed E-state index contributed by atoms with van der Waals surface area (Å²) in [4.78, 5) is 17.9. The van der Waals surface area contributed by atoms with Crippen LogP contribution in [-0.2, 0) is 17.8 Å². The summed E-state index contributed by atoms with van der Waals surface area (Å²) in [5.41, 5.74) is 3.29. The van der Waals surface area contributed by atoms with E-state index in [1.165, 1.54) is 16.9 Å². The molecule has 5 nitrogen and oxygen atoms in total. The van der Waals surface area contributed by atoms with Crippen molar-refractivity contribution in [3.05, 3.63) is 52.3 Å². The Morgan fingerprint density at radius 1 is 1.21 bits per heavy atom. The van der Waals surface area contributed by atoms with E-state index in [0.29, 0.717) is 12.3 Å². The van der Waals surface area contributed by atoms with Gasteiger partial charge in [-0.2, -0.15) is 16.8 Å². The number of thiazole rings is 1. The lowest BCUT2D eigenvalue weighted by atomic mass is 10.0. The zero-order chi connectivity index (χ0) is 20.4. The molecule has 1 amide bonds. The highest BCUT2D eigenvalue weighted by Crippen LogP contribution is 2.37. The van der Waals surface area contributed by atoms with Gasteiger partial charge in [-0.15, -0.1) is 0 Å². The zero-order valence-electron chi connectivity index (χ0n) is 16.8. The number of benzene rings is 2. The van der Waals surface area contributed by atoms with Gasteiger partial charge >= 0.3 is 0 Å². The average Bonchev–Trinajstić information content (AvgIpc) is 3.28. The first-order valence-corrected chi connectivity index (χ1v) is 11.8. The summed E-state index contributed by atoms with van der Waals surface area (Å²) in [5.74, 6) is 2.79. The smallest absolute Gasteiger partial charge is 0.252 e. The Bertz CT molecular complexity index is 1100. The Morgan fingerprint density at radius 2 is 1.93 bits per heavy atom. The maximum Gasteiger partial charge on any atom is 0.252 e. The minimum atomic E-state index is -0.133. The molecule has 3 aromatic rings. The second-order valence-electron chi connectivity index (χ2n) is 7.28. The second-order valence-corrected chi connectivity index (χ2v) is 9.28. The van der Waals surface area contributed by atoms with Gasteiger partial charge in [0, 0.05) is 24.4 Å². The molecule has 0 saturated heterocycles. The van der Waals surface area contributed by atoms with Crippen LogP contribution in [0.2, 0.25) is 0 Å². The molecular weight excluding hydrogens is 404 g/mol. The van der Waals surface area contributed by atoms with Crippen LogP contribution in [0.15, 0.2) is 41.4 Å². The topological polar surface area (TPSA) is 52.8 Å². The number of carbonyl (C=O) groups excluding carboxylic acids is 1. The summed E-state index contributed by atoms with van der Waals surface area (Å²) in [5, 5.41) is 0. The molecule has 7 heteroatoms. The Morgan fingerprint density at radius 3 is 2.62 bits per heavy atom. The zero-order valence-corrected chi connectivity index (χ0v) is 18.4. The van der Waals surface area contributed by atoms with Crippen LogP contribution in [0, 0.1) is 0 Å². The standard InChI is InChI=1S/C22H24N2O3S2/c1-14(2)16-6-4-15(5-7-16)10-21(25)23-22-24(8-9-28-3)17-11-18-19(27-13-26-18)12-20(17)29-22/h4-7,11-12,14H,8-10,13H2,1-3H3. The SMILES string of the molecule is CSCCn1c(=NC(=O)Cc2ccc(C(C)C)cc2)sc2cc3c(cc21)OCO3. The van der Waals surface area contributed by atoms with Gasteiger partial charge in [-0.05, 0) is 23.3 Å². The third-order valence-electron chi connectivity index (χ3n) is 4.92. The van der Waals surface area contributed by atoms with Gasteiger partial charge < -0.3 is 14.0 Å². The van der Waals surface area contributed by atoms with Crippen LogP contribution in [0.25, 0.3) is 10.2 Å². The lowest BCUT2D eigenvalue weighted by Crippen LogP contribution is -2.18. The van der Waals surface area contributed by atoms with Gasteiger partial charge in [-0.3, -0.25) is 4.79 Å². The summed E-state index contributed by atoms with van der Waals surface area (Å²) >= 11 is 3.29. The maximum atomic E-state index is 12.7. The highest BCUT2D eigenvalue weighted by Gasteiger charge is 2.18. The van der Waals surface area contributed by atoms with Gasteiger partial charge in [0.25, 0.3) is 5.91 Å². The van der Waals surface area contributed by atoms with Crippen molar-refractivity contribution in [3.63, 3.8) is 0 Å². The van der Waals surface area contributed by atoms with Crippen molar-refractivity contribution in [3.8, 4) is 11.5 Å². The fourth-order valence-electron chi connectivity index (χ4n) is 3.28. The van der Waals surface area contributed by atoms with Crippen molar-refractivity contribution >= 4 is 39.2 Å². The number of carbonyl (C=O) groups is 1. The third-order valence-corrected chi connectivity index (χ3v) is 6.55. The summed E-state index contributed by atoms with van der Waals surface area (Å²) in [6.45, 7) is 5.37. The van der Waals surface area contributed by atoms with Gasteiger partial charge in [-0.1, -0.05) is 49.4 Å². The molecule has 0 N–H and O–H groups in total. The molecule has 0 radical (unpaired) electrons. The van der Waals surface area contributed by atoms with Gasteiger partial charge in [0.15, 0.2) is 16.3 Å². The van der Waals surface area contributed by atoms with Gasteiger partial charge in [0.2, 0.25) is 6.79 Å². The number of nitrogens with zero attached hydrogens (tertiary/aromatic N) is 2. The van der Waals surface area contributed by atoms with Crippen molar-refractivity contribution in [2.45, 2.75) is 32.7 Å². The molecule has 2 aromatic carbocycles. The van der Waals surface area contributed by atoms with Gasteiger partial charge in [0.05, 0.1) is 16.6 Å². The van der Waals surface area contributed by atoms with Gasteiger partial charge in [-0.25, -0.2) is 0 Å². The molecule has 0 fully saturated rings. The number of aryl methyl sites for hydroxylation is 1. The first-order valence-electron chi connectivity index (χ1n) is 9.63. The van der Waals surface area contributed by atoms with E-state index < -0.39 is 0 Å². The predicted octanol–water partition coefficient (Wildman–Crippen LogP) is 4.59. The van der Waals surface area contributed by atoms with Crippen LogP contribution in [-0.4, -0.2) is 29.3 Å². The normalized spacial score (nSPS) is 13.6. The Kier molecular flexibility index (Phi) is 5.96. The maximum absolute atomic E-state index is 12.7. The van der Waals surface area contributed by atoms with Crippen LogP contribution in [0.1, 0.15) is 30.9 Å². The molecule has 0 aliphatic carbocycles. The van der Waals surface area contributed by atoms with Crippen molar-refractivity contribution in [1.29, 1.82) is 0 Å². The number of amides is 1. The molecule has 0 unspecified atom stereocenters. The largest absolute Gasteiger partial charge is 0.454 e. The molecule has 0 bridgehead atoms. The highest BCUT2D eigenvalue weighted by atomic mass is 32.2. The number of fused-ring (bicyclic) bond motifs is 2. The van der Waals surface area contributed by atoms with Crippen LogP contribution in [0.3, 0.4) is 0 Å². The summed E-state index contributed by atoms with van der Waals surface area (Å²) in [6.07, 6.45) is 2.38. The summed E-state index contributed by atoms with van der Waals surface area (Å²) in [6, 6.07) is 12.2. The van der Waals surface area contributed by atoms with Crippen LogP contribution < -0.4 is 14.3 Å². The van der Waals surface area contributed by atoms with Crippen LogP contribution in [0.5, 0.6) is 11.5 Å². The highest BCUT2D eigenvalue weighted by molar-refractivity contribution is 7.98. The Labute approximate surface area is 178 Å². The number of thioether (sulfide) groups is 1. The van der Waals surface area contributed by atoms with E-state index in [-0.39, 0.29) is 12.7 Å². The molecule has 0 atom stereocenters. The molecule has 0 saturated carbocycles. The quantitative estimate of drug-likeness (QED) is 0.576. The van der Waals surface area contributed by atoms with Crippen LogP contribution >= 0.6 is 23.1 Å². The fourth-order valence-corrected chi connectivity index (χ4v) is 4.73. The van der Waals surface area contributed by atoms with Crippen molar-refractivity contribution in [2.24, 2.45) is 4.99 Å². The molecule has 152 valence electrons. The Hall–Kier alpha value is -2.25. The molecule has 1 aliphatic rings. The fraction of sp³-hybridized carbons (Fsp3) is 0.364. The first-order chi connectivity index (χ1) is 14.0. The predicted molar refractivity (Wildman–Crippen MR) is 119 cm³/mol. The first kappa shape index (κ1) is 20.0. The van der Waals surface area contributed by atoms with Crippen molar-refractivity contribution in [2.75, 3.05) is 18.8 Å². The van der Waals surface area contributed by atoms with Crippen molar-refractivity contribution < 1.29 is 14.3 Å². The van der Waals surface area contributed by atoms with Gasteiger partial charge in [0.1, 0.15) is 0 Å². The van der Waals surface area contributed by atoms with E-state index in [1.807, 2.05) is 24.3 Å². The number of hydrogen-bond donors (Lipinski definition) is 0. The molecule has 4 rings (SSSR count). The van der Waals surface area contributed by atoms with Crippen LogP contribution in [0.4, 0.5) is 0 Å². The number of aromatic nitrogens is 1. The van der Waals surface area contributed by atoms with Crippen molar-refractivity contribution in [1.82, 2.24) is 4.57 Å². The van der Waals surface area contributed by atoms with E-state index in [1.54, 1.807) is 11.8 Å². The summed E-state index contributed by atoms with van der Waals surface area (Å²) < 4.78 is 14.2. The monoisotopic (exact) mass is 428 g/mol.